The van der Waals surface area contributed by atoms with E-state index in [0.717, 1.165) is 15.9 Å². The van der Waals surface area contributed by atoms with Gasteiger partial charge in [0.25, 0.3) is 0 Å². The van der Waals surface area contributed by atoms with Gasteiger partial charge in [-0.25, -0.2) is 0 Å². The Kier molecular flexibility index (Phi) is 4.81. The van der Waals surface area contributed by atoms with Crippen LogP contribution in [0, 0.1) is 5.92 Å². The van der Waals surface area contributed by atoms with Crippen LogP contribution in [0.15, 0.2) is 22.7 Å². The number of carboxylic acid groups (broad SMARTS) is 1. The summed E-state index contributed by atoms with van der Waals surface area (Å²) in [4.78, 5) is 10.8. The molecule has 0 fully saturated rings. The van der Waals surface area contributed by atoms with Crippen molar-refractivity contribution in [1.82, 2.24) is 0 Å². The number of methoxy groups -OCH3 is 1. The predicted molar refractivity (Wildman–Crippen MR) is 70.6 cm³/mol. The predicted octanol–water partition coefficient (Wildman–Crippen LogP) is 2.98. The Morgan fingerprint density at radius 2 is 2.12 bits per heavy atom. The summed E-state index contributed by atoms with van der Waals surface area (Å²) >= 11 is 3.38. The molecule has 0 radical (unpaired) electrons. The molecule has 4 nitrogen and oxygen atoms in total. The van der Waals surface area contributed by atoms with Crippen molar-refractivity contribution in [2.24, 2.45) is 5.92 Å². The van der Waals surface area contributed by atoms with Gasteiger partial charge >= 0.3 is 5.97 Å². The number of hydrogen-bond acceptors (Lipinski definition) is 3. The number of carboxylic acids is 1. The van der Waals surface area contributed by atoms with Crippen LogP contribution in [0.3, 0.4) is 0 Å². The molecule has 0 bridgehead atoms. The van der Waals surface area contributed by atoms with Crippen LogP contribution in [-0.2, 0) is 4.79 Å². The van der Waals surface area contributed by atoms with Gasteiger partial charge in [0.1, 0.15) is 5.75 Å². The number of anilines is 1. The number of ether oxygens (including phenoxy) is 1. The molecule has 0 aliphatic rings. The first-order chi connectivity index (χ1) is 7.95. The Balaban J connectivity index is 2.75. The van der Waals surface area contributed by atoms with Crippen LogP contribution < -0.4 is 10.1 Å². The lowest BCUT2D eigenvalue weighted by molar-refractivity contribution is -0.141. The van der Waals surface area contributed by atoms with E-state index in [1.165, 1.54) is 0 Å². The van der Waals surface area contributed by atoms with Crippen molar-refractivity contribution in [1.29, 1.82) is 0 Å². The average molecular weight is 302 g/mol. The second-order valence-electron chi connectivity index (χ2n) is 3.91. The van der Waals surface area contributed by atoms with Crippen LogP contribution in [-0.4, -0.2) is 24.2 Å². The highest BCUT2D eigenvalue weighted by Gasteiger charge is 2.19. The fourth-order valence-electron chi connectivity index (χ4n) is 1.36. The number of nitrogens with one attached hydrogen (secondary N) is 1. The Hall–Kier alpha value is -1.23. The van der Waals surface area contributed by atoms with Crippen molar-refractivity contribution in [3.8, 4) is 5.75 Å². The molecule has 5 heteroatoms. The van der Waals surface area contributed by atoms with Gasteiger partial charge in [-0.15, -0.1) is 0 Å². The molecule has 0 aliphatic heterocycles. The van der Waals surface area contributed by atoms with E-state index in [1.807, 2.05) is 25.1 Å². The summed E-state index contributed by atoms with van der Waals surface area (Å²) in [6.07, 6.45) is 0. The van der Waals surface area contributed by atoms with Crippen molar-refractivity contribution in [3.63, 3.8) is 0 Å². The molecular formula is C12H16BrNO3. The third-order valence-electron chi connectivity index (χ3n) is 2.69. The Bertz CT molecular complexity index is 409. The molecule has 2 N–H and O–H groups in total. The first-order valence-corrected chi connectivity index (χ1v) is 6.08. The molecule has 0 saturated heterocycles. The highest BCUT2D eigenvalue weighted by Crippen LogP contribution is 2.28. The van der Waals surface area contributed by atoms with E-state index in [1.54, 1.807) is 14.0 Å². The molecule has 1 aromatic carbocycles. The van der Waals surface area contributed by atoms with Crippen molar-refractivity contribution >= 4 is 27.6 Å². The van der Waals surface area contributed by atoms with Gasteiger partial charge in [0.15, 0.2) is 0 Å². The zero-order valence-electron chi connectivity index (χ0n) is 10.0. The second kappa shape index (κ2) is 5.91. The number of benzene rings is 1. The molecule has 17 heavy (non-hydrogen) atoms. The summed E-state index contributed by atoms with van der Waals surface area (Å²) in [5, 5.41) is 12.0. The molecule has 0 aliphatic carbocycles. The lowest BCUT2D eigenvalue weighted by Crippen LogP contribution is -2.29. The Labute approximate surface area is 109 Å². The van der Waals surface area contributed by atoms with Gasteiger partial charge in [-0.2, -0.15) is 0 Å². The van der Waals surface area contributed by atoms with Crippen LogP contribution in [0.4, 0.5) is 5.69 Å². The number of rotatable bonds is 5. The molecule has 0 heterocycles. The van der Waals surface area contributed by atoms with E-state index in [-0.39, 0.29) is 6.04 Å². The van der Waals surface area contributed by atoms with Crippen molar-refractivity contribution in [2.45, 2.75) is 19.9 Å². The average Bonchev–Trinajstić information content (AvgIpc) is 2.28. The summed E-state index contributed by atoms with van der Waals surface area (Å²) in [5.74, 6) is -0.511. The smallest absolute Gasteiger partial charge is 0.308 e. The third-order valence-corrected chi connectivity index (χ3v) is 3.31. The van der Waals surface area contributed by atoms with Crippen molar-refractivity contribution < 1.29 is 14.6 Å². The second-order valence-corrected chi connectivity index (χ2v) is 4.76. The normalized spacial score (nSPS) is 13.9. The molecule has 0 amide bonds. The number of carbonyl (C=O) groups is 1. The molecule has 0 spiro atoms. The summed E-state index contributed by atoms with van der Waals surface area (Å²) in [6, 6.07) is 5.40. The number of aliphatic carboxylic acids is 1. The number of halogens is 1. The molecule has 94 valence electrons. The fraction of sp³-hybridized carbons (Fsp3) is 0.417. The van der Waals surface area contributed by atoms with Crippen molar-refractivity contribution in [2.75, 3.05) is 12.4 Å². The van der Waals surface area contributed by atoms with Crippen molar-refractivity contribution in [3.05, 3.63) is 22.7 Å². The molecule has 0 saturated carbocycles. The maximum absolute atomic E-state index is 10.8. The van der Waals surface area contributed by atoms with E-state index in [0.29, 0.717) is 0 Å². The third kappa shape index (κ3) is 3.63. The Morgan fingerprint density at radius 3 is 2.59 bits per heavy atom. The largest absolute Gasteiger partial charge is 0.496 e. The van der Waals surface area contributed by atoms with Gasteiger partial charge in [-0.3, -0.25) is 4.79 Å². The quantitative estimate of drug-likeness (QED) is 0.878. The standard InChI is InChI=1S/C12H16BrNO3/c1-7(12(15)16)8(2)14-9-4-5-11(17-3)10(13)6-9/h4-8,14H,1-3H3,(H,15,16). The minimum Gasteiger partial charge on any atom is -0.496 e. The van der Waals surface area contributed by atoms with Gasteiger partial charge in [0.05, 0.1) is 17.5 Å². The molecule has 1 rings (SSSR count). The van der Waals surface area contributed by atoms with Gasteiger partial charge < -0.3 is 15.2 Å². The van der Waals surface area contributed by atoms with Crippen LogP contribution in [0.5, 0.6) is 5.75 Å². The topological polar surface area (TPSA) is 58.6 Å². The first kappa shape index (κ1) is 13.8. The summed E-state index contributed by atoms with van der Waals surface area (Å²) in [5.41, 5.74) is 0.860. The summed E-state index contributed by atoms with van der Waals surface area (Å²) in [6.45, 7) is 3.52. The van der Waals surface area contributed by atoms with Gasteiger partial charge in [-0.1, -0.05) is 0 Å². The van der Waals surface area contributed by atoms with E-state index in [2.05, 4.69) is 21.2 Å². The maximum atomic E-state index is 10.8. The lowest BCUT2D eigenvalue weighted by Gasteiger charge is -2.19. The number of hydrogen-bond donors (Lipinski definition) is 2. The molecule has 2 unspecified atom stereocenters. The zero-order chi connectivity index (χ0) is 13.0. The van der Waals surface area contributed by atoms with E-state index in [9.17, 15) is 4.79 Å². The van der Waals surface area contributed by atoms with E-state index in [4.69, 9.17) is 9.84 Å². The minimum absolute atomic E-state index is 0.146. The van der Waals surface area contributed by atoms with Crippen LogP contribution in [0.25, 0.3) is 0 Å². The highest BCUT2D eigenvalue weighted by atomic mass is 79.9. The van der Waals surface area contributed by atoms with Gasteiger partial charge in [0.2, 0.25) is 0 Å². The lowest BCUT2D eigenvalue weighted by atomic mass is 10.0. The monoisotopic (exact) mass is 301 g/mol. The SMILES string of the molecule is COc1ccc(NC(C)C(C)C(=O)O)cc1Br. The van der Waals surface area contributed by atoms with Crippen LogP contribution >= 0.6 is 15.9 Å². The van der Waals surface area contributed by atoms with E-state index >= 15 is 0 Å². The molecule has 0 aromatic heterocycles. The van der Waals surface area contributed by atoms with Crippen LogP contribution in [0.2, 0.25) is 0 Å². The van der Waals surface area contributed by atoms with Gasteiger partial charge in [0, 0.05) is 11.7 Å². The van der Waals surface area contributed by atoms with Crippen LogP contribution in [0.1, 0.15) is 13.8 Å². The van der Waals surface area contributed by atoms with E-state index < -0.39 is 11.9 Å². The molecule has 1 aromatic rings. The minimum atomic E-state index is -0.808. The van der Waals surface area contributed by atoms with Gasteiger partial charge in [-0.05, 0) is 48.0 Å². The maximum Gasteiger partial charge on any atom is 0.308 e. The summed E-state index contributed by atoms with van der Waals surface area (Å²) in [7, 11) is 1.60. The first-order valence-electron chi connectivity index (χ1n) is 5.28. The fourth-order valence-corrected chi connectivity index (χ4v) is 1.90. The molecular weight excluding hydrogens is 286 g/mol. The highest BCUT2D eigenvalue weighted by molar-refractivity contribution is 9.10. The summed E-state index contributed by atoms with van der Waals surface area (Å²) < 4.78 is 5.96. The Morgan fingerprint density at radius 1 is 1.47 bits per heavy atom. The zero-order valence-corrected chi connectivity index (χ0v) is 11.6. The molecule has 2 atom stereocenters.